The number of allylic oxidation sites excluding steroid dienone is 3. The maximum Gasteiger partial charge on any atom is 0.251 e. The zero-order valence-corrected chi connectivity index (χ0v) is 16.8. The standard InChI is InChI=1S/C18H17ClFN5O3S/c1-28-16-8-13(5-6-14(16)19)23-17-15(20)9-22-18(25-17)24-12-4-2-3-11(7-12)10-29(21,26)27/h2,4-6,8-10H,3,7H2,1H3,(H2,21,26,27)(H,22,23,25). The minimum Gasteiger partial charge on any atom is -0.495 e. The van der Waals surface area contributed by atoms with E-state index in [1.54, 1.807) is 30.4 Å². The second-order valence-electron chi connectivity index (χ2n) is 6.09. The molecular weight excluding hydrogens is 421 g/mol. The highest BCUT2D eigenvalue weighted by Gasteiger charge is 2.12. The zero-order valence-electron chi connectivity index (χ0n) is 15.3. The van der Waals surface area contributed by atoms with Crippen LogP contribution in [0.5, 0.6) is 5.75 Å². The van der Waals surface area contributed by atoms with Gasteiger partial charge < -0.3 is 10.1 Å². The van der Waals surface area contributed by atoms with Crippen LogP contribution in [0, 0.1) is 5.82 Å². The van der Waals surface area contributed by atoms with E-state index in [1.165, 1.54) is 7.11 Å². The number of hydrogen-bond acceptors (Lipinski definition) is 7. The number of anilines is 2. The molecule has 0 radical (unpaired) electrons. The molecule has 0 fully saturated rings. The van der Waals surface area contributed by atoms with E-state index in [1.807, 2.05) is 0 Å². The summed E-state index contributed by atoms with van der Waals surface area (Å²) in [6, 6.07) is 4.85. The van der Waals surface area contributed by atoms with Crippen LogP contribution in [0.2, 0.25) is 5.02 Å². The van der Waals surface area contributed by atoms with Crippen LogP contribution in [0.1, 0.15) is 12.8 Å². The molecule has 152 valence electrons. The summed E-state index contributed by atoms with van der Waals surface area (Å²) in [5, 5.41) is 9.31. The number of nitrogens with two attached hydrogens (primary N) is 1. The summed E-state index contributed by atoms with van der Waals surface area (Å²) in [6.45, 7) is 0. The number of nitrogens with zero attached hydrogens (tertiary/aromatic N) is 3. The molecule has 3 N–H and O–H groups in total. The van der Waals surface area contributed by atoms with Gasteiger partial charge in [-0.1, -0.05) is 17.7 Å². The molecule has 29 heavy (non-hydrogen) atoms. The Bertz CT molecular complexity index is 1130. The Balaban J connectivity index is 1.86. The van der Waals surface area contributed by atoms with Gasteiger partial charge in [-0.2, -0.15) is 4.98 Å². The first kappa shape index (κ1) is 20.9. The lowest BCUT2D eigenvalue weighted by atomic mass is 10.0. The Labute approximate surface area is 172 Å². The third-order valence-corrected chi connectivity index (χ3v) is 4.79. The van der Waals surface area contributed by atoms with Gasteiger partial charge in [-0.25, -0.2) is 27.9 Å². The number of nitrogens with one attached hydrogen (secondary N) is 1. The average Bonchev–Trinajstić information content (AvgIpc) is 2.65. The summed E-state index contributed by atoms with van der Waals surface area (Å²) < 4.78 is 41.7. The summed E-state index contributed by atoms with van der Waals surface area (Å²) >= 11 is 5.99. The van der Waals surface area contributed by atoms with Crippen LogP contribution < -0.4 is 15.2 Å². The minimum atomic E-state index is -3.74. The molecule has 11 heteroatoms. The Hall–Kier alpha value is -2.82. The predicted molar refractivity (Wildman–Crippen MR) is 110 cm³/mol. The van der Waals surface area contributed by atoms with E-state index in [9.17, 15) is 12.8 Å². The van der Waals surface area contributed by atoms with Gasteiger partial charge in [0.1, 0.15) is 5.75 Å². The number of aromatic nitrogens is 2. The molecule has 0 spiro atoms. The van der Waals surface area contributed by atoms with Crippen molar-refractivity contribution in [3.05, 3.63) is 58.4 Å². The number of primary sulfonamides is 1. The number of halogens is 2. The molecule has 2 aromatic rings. The van der Waals surface area contributed by atoms with Crippen LogP contribution in [-0.2, 0) is 10.0 Å². The van der Waals surface area contributed by atoms with Crippen molar-refractivity contribution in [2.75, 3.05) is 12.4 Å². The number of hydrogen-bond donors (Lipinski definition) is 2. The molecule has 3 rings (SSSR count). The Kier molecular flexibility index (Phi) is 6.26. The van der Waals surface area contributed by atoms with E-state index in [4.69, 9.17) is 21.5 Å². The Morgan fingerprint density at radius 2 is 2.21 bits per heavy atom. The van der Waals surface area contributed by atoms with Gasteiger partial charge in [0.25, 0.3) is 5.95 Å². The van der Waals surface area contributed by atoms with Crippen LogP contribution >= 0.6 is 11.6 Å². The maximum atomic E-state index is 14.1. The number of benzene rings is 1. The van der Waals surface area contributed by atoms with E-state index in [2.05, 4.69) is 20.3 Å². The van der Waals surface area contributed by atoms with Gasteiger partial charge in [-0.05, 0) is 30.2 Å². The molecule has 0 bridgehead atoms. The molecule has 8 nitrogen and oxygen atoms in total. The number of ether oxygens (including phenoxy) is 1. The lowest BCUT2D eigenvalue weighted by molar-refractivity contribution is 0.415. The van der Waals surface area contributed by atoms with Crippen LogP contribution in [0.4, 0.5) is 21.8 Å². The van der Waals surface area contributed by atoms with Gasteiger partial charge in [0.2, 0.25) is 10.0 Å². The van der Waals surface area contributed by atoms with Gasteiger partial charge in [-0.15, -0.1) is 0 Å². The smallest absolute Gasteiger partial charge is 0.251 e. The quantitative estimate of drug-likeness (QED) is 0.737. The van der Waals surface area contributed by atoms with Crippen molar-refractivity contribution >= 4 is 44.8 Å². The fourth-order valence-electron chi connectivity index (χ4n) is 2.61. The van der Waals surface area contributed by atoms with E-state index >= 15 is 0 Å². The Morgan fingerprint density at radius 1 is 1.41 bits per heavy atom. The maximum absolute atomic E-state index is 14.1. The van der Waals surface area contributed by atoms with Crippen molar-refractivity contribution in [2.24, 2.45) is 10.1 Å². The molecule has 0 saturated carbocycles. The SMILES string of the molecule is COc1cc(Nc2nc(N=C3C=CCC(=CS(N)(=O)=O)C3)ncc2F)ccc1Cl. The summed E-state index contributed by atoms with van der Waals surface area (Å²) in [7, 11) is -2.26. The largest absolute Gasteiger partial charge is 0.495 e. The van der Waals surface area contributed by atoms with Crippen LogP contribution in [0.15, 0.2) is 52.5 Å². The topological polar surface area (TPSA) is 120 Å². The van der Waals surface area contributed by atoms with Crippen molar-refractivity contribution in [1.29, 1.82) is 0 Å². The molecule has 0 saturated heterocycles. The van der Waals surface area contributed by atoms with E-state index in [0.717, 1.165) is 11.6 Å². The monoisotopic (exact) mass is 437 g/mol. The number of aliphatic imine (C=N–C) groups is 1. The highest BCUT2D eigenvalue weighted by molar-refractivity contribution is 7.92. The van der Waals surface area contributed by atoms with E-state index in [0.29, 0.717) is 34.2 Å². The summed E-state index contributed by atoms with van der Waals surface area (Å²) in [6.07, 6.45) is 5.19. The first-order valence-corrected chi connectivity index (χ1v) is 10.3. The summed E-state index contributed by atoms with van der Waals surface area (Å²) in [5.41, 5.74) is 1.62. The van der Waals surface area contributed by atoms with Crippen molar-refractivity contribution < 1.29 is 17.5 Å². The summed E-state index contributed by atoms with van der Waals surface area (Å²) in [5.74, 6) is -0.305. The lowest BCUT2D eigenvalue weighted by Gasteiger charge is -2.11. The van der Waals surface area contributed by atoms with Gasteiger partial charge in [0.15, 0.2) is 11.6 Å². The molecule has 1 aromatic carbocycles. The molecule has 1 aliphatic carbocycles. The molecule has 0 atom stereocenters. The Morgan fingerprint density at radius 3 is 2.93 bits per heavy atom. The molecule has 1 aromatic heterocycles. The van der Waals surface area contributed by atoms with Crippen LogP contribution in [-0.4, -0.2) is 31.2 Å². The highest BCUT2D eigenvalue weighted by Crippen LogP contribution is 2.29. The third kappa shape index (κ3) is 5.83. The van der Waals surface area contributed by atoms with Crippen molar-refractivity contribution in [1.82, 2.24) is 9.97 Å². The lowest BCUT2D eigenvalue weighted by Crippen LogP contribution is -2.11. The van der Waals surface area contributed by atoms with Gasteiger partial charge in [0.05, 0.1) is 18.3 Å². The van der Waals surface area contributed by atoms with E-state index < -0.39 is 15.8 Å². The molecule has 0 amide bonds. The van der Waals surface area contributed by atoms with Crippen molar-refractivity contribution in [3.63, 3.8) is 0 Å². The van der Waals surface area contributed by atoms with Gasteiger partial charge in [-0.3, -0.25) is 0 Å². The molecule has 1 aliphatic rings. The molecule has 0 unspecified atom stereocenters. The van der Waals surface area contributed by atoms with Crippen molar-refractivity contribution in [3.8, 4) is 5.75 Å². The first-order chi connectivity index (χ1) is 13.7. The molecule has 1 heterocycles. The first-order valence-electron chi connectivity index (χ1n) is 8.33. The number of methoxy groups -OCH3 is 1. The van der Waals surface area contributed by atoms with Gasteiger partial charge >= 0.3 is 0 Å². The number of rotatable bonds is 5. The molecule has 0 aliphatic heterocycles. The zero-order chi connectivity index (χ0) is 21.0. The minimum absolute atomic E-state index is 0.0198. The molecular formula is C18H17ClFN5O3S. The average molecular weight is 438 g/mol. The predicted octanol–water partition coefficient (Wildman–Crippen LogP) is 3.62. The van der Waals surface area contributed by atoms with Crippen LogP contribution in [0.3, 0.4) is 0 Å². The van der Waals surface area contributed by atoms with E-state index in [-0.39, 0.29) is 18.2 Å². The highest BCUT2D eigenvalue weighted by atomic mass is 35.5. The second kappa shape index (κ2) is 8.68. The number of sulfonamides is 1. The fraction of sp³-hybridized carbons (Fsp3) is 0.167. The normalized spacial score (nSPS) is 17.0. The van der Waals surface area contributed by atoms with Gasteiger partial charge in [0, 0.05) is 29.3 Å². The van der Waals surface area contributed by atoms with Crippen LogP contribution in [0.25, 0.3) is 0 Å². The summed E-state index contributed by atoms with van der Waals surface area (Å²) in [4.78, 5) is 12.2. The fourth-order valence-corrected chi connectivity index (χ4v) is 3.45. The second-order valence-corrected chi connectivity index (χ2v) is 7.91. The third-order valence-electron chi connectivity index (χ3n) is 3.82. The van der Waals surface area contributed by atoms with Crippen molar-refractivity contribution in [2.45, 2.75) is 12.8 Å².